The Morgan fingerprint density at radius 2 is 1.68 bits per heavy atom. The van der Waals surface area contributed by atoms with Gasteiger partial charge < -0.3 is 14.0 Å². The minimum absolute atomic E-state index is 0.0410. The summed E-state index contributed by atoms with van der Waals surface area (Å²) in [6.45, 7) is 7.92. The van der Waals surface area contributed by atoms with Crippen molar-refractivity contribution in [1.82, 2.24) is 15.4 Å². The molecule has 0 fully saturated rings. The zero-order valence-electron chi connectivity index (χ0n) is 16.5. The lowest BCUT2D eigenvalue weighted by molar-refractivity contribution is -0.122. The number of nitrogens with one attached hydrogen (secondary N) is 2. The molecular weight excluding hydrogens is 362 g/mol. The molecule has 1 heterocycles. The second kappa shape index (κ2) is 9.59. The standard InChI is InChI=1S/C20H25N3O5/c1-5-27-16-9-7-15(8-10-16)19(25)22-21-18(24)12-23-13(3)11-17(14(23)4)20(26)28-6-2/h7-11H,5-6,12H2,1-4H3,(H,21,24)(H,22,25). The highest BCUT2D eigenvalue weighted by Gasteiger charge is 2.18. The molecule has 0 aliphatic rings. The Balaban J connectivity index is 1.95. The summed E-state index contributed by atoms with van der Waals surface area (Å²) in [6.07, 6.45) is 0. The van der Waals surface area contributed by atoms with Crippen molar-refractivity contribution in [2.75, 3.05) is 13.2 Å². The molecule has 0 spiro atoms. The highest BCUT2D eigenvalue weighted by Crippen LogP contribution is 2.16. The van der Waals surface area contributed by atoms with Crippen LogP contribution in [0.2, 0.25) is 0 Å². The van der Waals surface area contributed by atoms with Gasteiger partial charge in [-0.2, -0.15) is 0 Å². The maximum Gasteiger partial charge on any atom is 0.339 e. The minimum atomic E-state index is -0.440. The zero-order valence-corrected chi connectivity index (χ0v) is 16.5. The fraction of sp³-hybridized carbons (Fsp3) is 0.350. The molecule has 0 aliphatic heterocycles. The van der Waals surface area contributed by atoms with Gasteiger partial charge in [0, 0.05) is 17.0 Å². The number of nitrogens with zero attached hydrogens (tertiary/aromatic N) is 1. The number of aromatic nitrogens is 1. The molecule has 2 rings (SSSR count). The first-order chi connectivity index (χ1) is 13.4. The van der Waals surface area contributed by atoms with Crippen molar-refractivity contribution < 1.29 is 23.9 Å². The second-order valence-electron chi connectivity index (χ2n) is 6.05. The average molecular weight is 387 g/mol. The smallest absolute Gasteiger partial charge is 0.339 e. The quantitative estimate of drug-likeness (QED) is 0.560. The van der Waals surface area contributed by atoms with Crippen molar-refractivity contribution in [1.29, 1.82) is 0 Å². The summed E-state index contributed by atoms with van der Waals surface area (Å²) in [5, 5.41) is 0. The van der Waals surface area contributed by atoms with Gasteiger partial charge in [-0.25, -0.2) is 4.79 Å². The van der Waals surface area contributed by atoms with E-state index in [-0.39, 0.29) is 13.2 Å². The first kappa shape index (κ1) is 21.0. The number of ether oxygens (including phenoxy) is 2. The molecule has 0 aliphatic carbocycles. The van der Waals surface area contributed by atoms with Crippen LogP contribution in [0.15, 0.2) is 30.3 Å². The molecule has 28 heavy (non-hydrogen) atoms. The van der Waals surface area contributed by atoms with Gasteiger partial charge >= 0.3 is 5.97 Å². The molecule has 2 amide bonds. The van der Waals surface area contributed by atoms with Gasteiger partial charge in [0.15, 0.2) is 0 Å². The molecule has 0 saturated carbocycles. The van der Waals surface area contributed by atoms with Gasteiger partial charge in [-0.05, 0) is 58.0 Å². The van der Waals surface area contributed by atoms with Gasteiger partial charge in [0.1, 0.15) is 12.3 Å². The molecular formula is C20H25N3O5. The molecule has 0 atom stereocenters. The molecule has 0 radical (unpaired) electrons. The van der Waals surface area contributed by atoms with E-state index >= 15 is 0 Å². The molecule has 8 heteroatoms. The molecule has 0 unspecified atom stereocenters. The van der Waals surface area contributed by atoms with Crippen molar-refractivity contribution in [2.45, 2.75) is 34.2 Å². The summed E-state index contributed by atoms with van der Waals surface area (Å²) in [4.78, 5) is 36.3. The van der Waals surface area contributed by atoms with Gasteiger partial charge in [0.05, 0.1) is 18.8 Å². The minimum Gasteiger partial charge on any atom is -0.494 e. The monoisotopic (exact) mass is 387 g/mol. The zero-order chi connectivity index (χ0) is 20.7. The highest BCUT2D eigenvalue weighted by molar-refractivity contribution is 5.95. The van der Waals surface area contributed by atoms with Crippen LogP contribution in [0, 0.1) is 13.8 Å². The summed E-state index contributed by atoms with van der Waals surface area (Å²) >= 11 is 0. The van der Waals surface area contributed by atoms with Gasteiger partial charge in [-0.15, -0.1) is 0 Å². The van der Waals surface area contributed by atoms with E-state index in [2.05, 4.69) is 10.9 Å². The van der Waals surface area contributed by atoms with Crippen LogP contribution in [-0.2, 0) is 16.1 Å². The lowest BCUT2D eigenvalue weighted by atomic mass is 10.2. The number of aryl methyl sites for hydroxylation is 1. The molecule has 150 valence electrons. The van der Waals surface area contributed by atoms with Crippen molar-refractivity contribution in [2.24, 2.45) is 0 Å². The Labute approximate surface area is 163 Å². The van der Waals surface area contributed by atoms with Crippen LogP contribution in [0.5, 0.6) is 5.75 Å². The molecule has 1 aromatic carbocycles. The van der Waals surface area contributed by atoms with Crippen molar-refractivity contribution in [3.8, 4) is 5.75 Å². The normalized spacial score (nSPS) is 10.3. The number of hydrazine groups is 1. The molecule has 2 N–H and O–H groups in total. The fourth-order valence-corrected chi connectivity index (χ4v) is 2.71. The molecule has 0 bridgehead atoms. The number of carbonyl (C=O) groups is 3. The second-order valence-corrected chi connectivity index (χ2v) is 6.05. The van der Waals surface area contributed by atoms with E-state index in [1.807, 2.05) is 6.92 Å². The van der Waals surface area contributed by atoms with E-state index in [1.54, 1.807) is 55.7 Å². The highest BCUT2D eigenvalue weighted by atomic mass is 16.5. The van der Waals surface area contributed by atoms with Crippen LogP contribution in [0.4, 0.5) is 0 Å². The van der Waals surface area contributed by atoms with E-state index in [0.29, 0.717) is 29.2 Å². The average Bonchev–Trinajstić information content (AvgIpc) is 2.95. The Hall–Kier alpha value is -3.29. The van der Waals surface area contributed by atoms with Crippen molar-refractivity contribution in [3.05, 3.63) is 52.8 Å². The lowest BCUT2D eigenvalue weighted by Gasteiger charge is -2.11. The van der Waals surface area contributed by atoms with E-state index in [1.165, 1.54) is 0 Å². The summed E-state index contributed by atoms with van der Waals surface area (Å²) in [5.74, 6) is -0.619. The van der Waals surface area contributed by atoms with E-state index < -0.39 is 17.8 Å². The summed E-state index contributed by atoms with van der Waals surface area (Å²) in [5.41, 5.74) is 6.94. The predicted molar refractivity (Wildman–Crippen MR) is 103 cm³/mol. The number of benzene rings is 1. The number of rotatable bonds is 7. The van der Waals surface area contributed by atoms with Crippen molar-refractivity contribution in [3.63, 3.8) is 0 Å². The van der Waals surface area contributed by atoms with Gasteiger partial charge in [0.25, 0.3) is 11.8 Å². The molecule has 8 nitrogen and oxygen atoms in total. The van der Waals surface area contributed by atoms with Crippen LogP contribution < -0.4 is 15.6 Å². The predicted octanol–water partition coefficient (Wildman–Crippen LogP) is 2.14. The van der Waals surface area contributed by atoms with E-state index in [0.717, 1.165) is 5.69 Å². The first-order valence-electron chi connectivity index (χ1n) is 9.03. The first-order valence-corrected chi connectivity index (χ1v) is 9.03. The molecule has 0 saturated heterocycles. The number of hydrogen-bond donors (Lipinski definition) is 2. The number of amides is 2. The lowest BCUT2D eigenvalue weighted by Crippen LogP contribution is -2.43. The maximum absolute atomic E-state index is 12.2. The van der Waals surface area contributed by atoms with Crippen molar-refractivity contribution >= 4 is 17.8 Å². The number of hydrogen-bond acceptors (Lipinski definition) is 5. The summed E-state index contributed by atoms with van der Waals surface area (Å²) in [7, 11) is 0. The Morgan fingerprint density at radius 3 is 2.29 bits per heavy atom. The maximum atomic E-state index is 12.2. The third-order valence-corrected chi connectivity index (χ3v) is 4.11. The summed E-state index contributed by atoms with van der Waals surface area (Å²) in [6, 6.07) is 8.27. The largest absolute Gasteiger partial charge is 0.494 e. The van der Waals surface area contributed by atoms with Crippen LogP contribution in [0.3, 0.4) is 0 Å². The third-order valence-electron chi connectivity index (χ3n) is 4.11. The van der Waals surface area contributed by atoms with Gasteiger partial charge in [-0.1, -0.05) is 0 Å². The SMILES string of the molecule is CCOC(=O)c1cc(C)n(CC(=O)NNC(=O)c2ccc(OCC)cc2)c1C. The number of carbonyl (C=O) groups excluding carboxylic acids is 3. The van der Waals surface area contributed by atoms with Gasteiger partial charge in [0.2, 0.25) is 0 Å². The Morgan fingerprint density at radius 1 is 1.00 bits per heavy atom. The van der Waals surface area contributed by atoms with Crippen LogP contribution in [0.1, 0.15) is 46.0 Å². The fourth-order valence-electron chi connectivity index (χ4n) is 2.71. The Bertz CT molecular complexity index is 855. The van der Waals surface area contributed by atoms with Crippen LogP contribution in [0.25, 0.3) is 0 Å². The van der Waals surface area contributed by atoms with Crippen LogP contribution in [-0.4, -0.2) is 35.6 Å². The topological polar surface area (TPSA) is 98.7 Å². The molecule has 2 aromatic rings. The van der Waals surface area contributed by atoms with Crippen LogP contribution >= 0.6 is 0 Å². The van der Waals surface area contributed by atoms with Gasteiger partial charge in [-0.3, -0.25) is 20.4 Å². The molecule has 1 aromatic heterocycles. The third kappa shape index (κ3) is 5.12. The van der Waals surface area contributed by atoms with E-state index in [4.69, 9.17) is 9.47 Å². The summed E-state index contributed by atoms with van der Waals surface area (Å²) < 4.78 is 12.0. The van der Waals surface area contributed by atoms with E-state index in [9.17, 15) is 14.4 Å². The number of esters is 1. The Kier molecular flexibility index (Phi) is 7.20.